The molecule has 1 aromatic rings. The molecule has 0 saturated carbocycles. The minimum Gasteiger partial charge on any atom is -0.319 e. The predicted molar refractivity (Wildman–Crippen MR) is 58.9 cm³/mol. The number of amides is 1. The molecule has 7 heteroatoms. The normalized spacial score (nSPS) is 11.6. The molecule has 1 rings (SSSR count). The number of nitrogens with one attached hydrogen (secondary N) is 2. The SMILES string of the molecule is CNCC(C)C(=O)Nc1nncs1.Cl. The van der Waals surface area contributed by atoms with Gasteiger partial charge in [0.25, 0.3) is 0 Å². The molecule has 80 valence electrons. The van der Waals surface area contributed by atoms with Crippen LogP contribution in [0.4, 0.5) is 5.13 Å². The van der Waals surface area contributed by atoms with Gasteiger partial charge in [-0.05, 0) is 7.05 Å². The molecule has 0 aliphatic rings. The molecule has 14 heavy (non-hydrogen) atoms. The number of nitrogens with zero attached hydrogens (tertiary/aromatic N) is 2. The Balaban J connectivity index is 0.00000169. The molecule has 0 bridgehead atoms. The maximum atomic E-state index is 11.4. The van der Waals surface area contributed by atoms with Gasteiger partial charge < -0.3 is 10.6 Å². The summed E-state index contributed by atoms with van der Waals surface area (Å²) in [6.07, 6.45) is 0. The van der Waals surface area contributed by atoms with Gasteiger partial charge in [0.1, 0.15) is 5.51 Å². The van der Waals surface area contributed by atoms with E-state index in [1.807, 2.05) is 14.0 Å². The van der Waals surface area contributed by atoms with Gasteiger partial charge >= 0.3 is 0 Å². The van der Waals surface area contributed by atoms with Gasteiger partial charge in [0.2, 0.25) is 11.0 Å². The number of halogens is 1. The van der Waals surface area contributed by atoms with Crippen LogP contribution in [0.2, 0.25) is 0 Å². The third-order valence-electron chi connectivity index (χ3n) is 1.55. The summed E-state index contributed by atoms with van der Waals surface area (Å²) in [6.45, 7) is 2.51. The Morgan fingerprint density at radius 2 is 2.43 bits per heavy atom. The van der Waals surface area contributed by atoms with Crippen LogP contribution in [0.3, 0.4) is 0 Å². The fourth-order valence-electron chi connectivity index (χ4n) is 0.855. The number of hydrogen-bond acceptors (Lipinski definition) is 5. The Kier molecular flexibility index (Phi) is 6.35. The number of rotatable bonds is 4. The molecule has 0 aromatic carbocycles. The van der Waals surface area contributed by atoms with Crippen molar-refractivity contribution in [3.8, 4) is 0 Å². The molecule has 0 spiro atoms. The first-order valence-corrected chi connectivity index (χ1v) is 4.83. The van der Waals surface area contributed by atoms with Crippen LogP contribution in [0, 0.1) is 5.92 Å². The largest absolute Gasteiger partial charge is 0.319 e. The fraction of sp³-hybridized carbons (Fsp3) is 0.571. The van der Waals surface area contributed by atoms with Crippen molar-refractivity contribution in [2.45, 2.75) is 6.92 Å². The summed E-state index contributed by atoms with van der Waals surface area (Å²) in [7, 11) is 1.81. The highest BCUT2D eigenvalue weighted by molar-refractivity contribution is 7.13. The van der Waals surface area contributed by atoms with Crippen LogP contribution in [0.25, 0.3) is 0 Å². The lowest BCUT2D eigenvalue weighted by Crippen LogP contribution is -2.28. The molecule has 0 aliphatic carbocycles. The van der Waals surface area contributed by atoms with E-state index in [-0.39, 0.29) is 24.2 Å². The standard InChI is InChI=1S/C7H12N4OS.ClH/c1-5(3-8-2)6(12)10-7-11-9-4-13-7;/h4-5,8H,3H2,1-2H3,(H,10,11,12);1H. The van der Waals surface area contributed by atoms with Crippen molar-refractivity contribution in [1.82, 2.24) is 15.5 Å². The summed E-state index contributed by atoms with van der Waals surface area (Å²) in [5.41, 5.74) is 1.58. The zero-order valence-corrected chi connectivity index (χ0v) is 9.61. The monoisotopic (exact) mass is 236 g/mol. The van der Waals surface area contributed by atoms with Gasteiger partial charge in [-0.1, -0.05) is 18.3 Å². The number of carbonyl (C=O) groups excluding carboxylic acids is 1. The Morgan fingerprint density at radius 1 is 1.71 bits per heavy atom. The zero-order chi connectivity index (χ0) is 9.68. The molecule has 1 heterocycles. The maximum Gasteiger partial charge on any atom is 0.230 e. The second-order valence-corrected chi connectivity index (χ2v) is 3.53. The van der Waals surface area contributed by atoms with Crippen LogP contribution in [-0.2, 0) is 4.79 Å². The van der Waals surface area contributed by atoms with E-state index in [0.717, 1.165) is 0 Å². The summed E-state index contributed by atoms with van der Waals surface area (Å²) >= 11 is 1.31. The van der Waals surface area contributed by atoms with Crippen LogP contribution in [0.5, 0.6) is 0 Å². The number of carbonyl (C=O) groups is 1. The summed E-state index contributed by atoms with van der Waals surface area (Å²) in [5.74, 6) is -0.0972. The van der Waals surface area contributed by atoms with Crippen LogP contribution in [0.1, 0.15) is 6.92 Å². The van der Waals surface area contributed by atoms with Crippen molar-refractivity contribution in [2.24, 2.45) is 5.92 Å². The van der Waals surface area contributed by atoms with Crippen molar-refractivity contribution in [2.75, 3.05) is 18.9 Å². The summed E-state index contributed by atoms with van der Waals surface area (Å²) in [4.78, 5) is 11.4. The third-order valence-corrected chi connectivity index (χ3v) is 2.15. The average molecular weight is 237 g/mol. The smallest absolute Gasteiger partial charge is 0.230 e. The van der Waals surface area contributed by atoms with Crippen LogP contribution >= 0.6 is 23.7 Å². The fourth-order valence-corrected chi connectivity index (χ4v) is 1.30. The van der Waals surface area contributed by atoms with E-state index >= 15 is 0 Å². The second kappa shape index (κ2) is 6.69. The predicted octanol–water partition coefficient (Wildman–Crippen LogP) is 0.754. The van der Waals surface area contributed by atoms with Gasteiger partial charge in [0, 0.05) is 12.5 Å². The van der Waals surface area contributed by atoms with Gasteiger partial charge in [-0.3, -0.25) is 4.79 Å². The molecule has 5 nitrogen and oxygen atoms in total. The molecule has 0 radical (unpaired) electrons. The summed E-state index contributed by atoms with van der Waals surface area (Å²) < 4.78 is 0. The number of anilines is 1. The molecule has 0 aliphatic heterocycles. The summed E-state index contributed by atoms with van der Waals surface area (Å²) in [6, 6.07) is 0. The van der Waals surface area contributed by atoms with Gasteiger partial charge in [0.15, 0.2) is 0 Å². The van der Waals surface area contributed by atoms with Gasteiger partial charge in [-0.25, -0.2) is 0 Å². The van der Waals surface area contributed by atoms with Crippen molar-refractivity contribution in [3.05, 3.63) is 5.51 Å². The molecule has 1 unspecified atom stereocenters. The first kappa shape index (κ1) is 13.3. The molecule has 1 atom stereocenters. The Morgan fingerprint density at radius 3 is 2.93 bits per heavy atom. The molecular formula is C7H13ClN4OS. The molecule has 0 saturated heterocycles. The highest BCUT2D eigenvalue weighted by Crippen LogP contribution is 2.09. The van der Waals surface area contributed by atoms with Crippen LogP contribution < -0.4 is 10.6 Å². The van der Waals surface area contributed by atoms with Gasteiger partial charge in [-0.2, -0.15) is 0 Å². The highest BCUT2D eigenvalue weighted by Gasteiger charge is 2.12. The topological polar surface area (TPSA) is 66.9 Å². The number of hydrogen-bond donors (Lipinski definition) is 2. The van der Waals surface area contributed by atoms with Crippen molar-refractivity contribution >= 4 is 34.8 Å². The Labute approximate surface area is 92.7 Å². The van der Waals surface area contributed by atoms with E-state index in [9.17, 15) is 4.79 Å². The van der Waals surface area contributed by atoms with E-state index < -0.39 is 0 Å². The highest BCUT2D eigenvalue weighted by atomic mass is 35.5. The lowest BCUT2D eigenvalue weighted by molar-refractivity contribution is -0.119. The van der Waals surface area contributed by atoms with E-state index in [1.165, 1.54) is 11.3 Å². The van der Waals surface area contributed by atoms with Gasteiger partial charge in [-0.15, -0.1) is 22.6 Å². The average Bonchev–Trinajstić information content (AvgIpc) is 2.57. The molecule has 1 amide bonds. The van der Waals surface area contributed by atoms with Crippen molar-refractivity contribution in [3.63, 3.8) is 0 Å². The molecule has 1 aromatic heterocycles. The Bertz CT molecular complexity index is 267. The molecule has 0 fully saturated rings. The molecule has 2 N–H and O–H groups in total. The summed E-state index contributed by atoms with van der Waals surface area (Å²) in [5, 5.41) is 13.5. The Hall–Kier alpha value is -0.720. The van der Waals surface area contributed by atoms with E-state index in [0.29, 0.717) is 11.7 Å². The van der Waals surface area contributed by atoms with Crippen molar-refractivity contribution < 1.29 is 4.79 Å². The van der Waals surface area contributed by atoms with E-state index in [1.54, 1.807) is 5.51 Å². The van der Waals surface area contributed by atoms with E-state index in [4.69, 9.17) is 0 Å². The molecular weight excluding hydrogens is 224 g/mol. The van der Waals surface area contributed by atoms with E-state index in [2.05, 4.69) is 20.8 Å². The second-order valence-electron chi connectivity index (χ2n) is 2.69. The van der Waals surface area contributed by atoms with Crippen LogP contribution in [0.15, 0.2) is 5.51 Å². The first-order chi connectivity index (χ1) is 6.24. The van der Waals surface area contributed by atoms with Crippen molar-refractivity contribution in [1.29, 1.82) is 0 Å². The lowest BCUT2D eigenvalue weighted by atomic mass is 10.2. The zero-order valence-electron chi connectivity index (χ0n) is 7.98. The maximum absolute atomic E-state index is 11.4. The quantitative estimate of drug-likeness (QED) is 0.810. The van der Waals surface area contributed by atoms with Gasteiger partial charge in [0.05, 0.1) is 0 Å². The van der Waals surface area contributed by atoms with Crippen LogP contribution in [-0.4, -0.2) is 29.7 Å². The minimum absolute atomic E-state index is 0. The lowest BCUT2D eigenvalue weighted by Gasteiger charge is -2.08. The minimum atomic E-state index is -0.0612. The first-order valence-electron chi connectivity index (χ1n) is 3.95. The number of aromatic nitrogens is 2. The third kappa shape index (κ3) is 3.99.